The molecule has 0 radical (unpaired) electrons. The third-order valence-corrected chi connectivity index (χ3v) is 4.79. The van der Waals surface area contributed by atoms with Crippen molar-refractivity contribution in [2.75, 3.05) is 46.2 Å². The number of ether oxygens (including phenoxy) is 2. The van der Waals surface area contributed by atoms with Crippen LogP contribution in [0.1, 0.15) is 11.1 Å². The highest BCUT2D eigenvalue weighted by Crippen LogP contribution is 2.35. The van der Waals surface area contributed by atoms with Crippen molar-refractivity contribution >= 4 is 29.7 Å². The number of carbonyl (C=O) groups excluding carboxylic acids is 2. The average molecular weight is 421 g/mol. The van der Waals surface area contributed by atoms with Crippen LogP contribution in [0.15, 0.2) is 54.3 Å². The van der Waals surface area contributed by atoms with Crippen molar-refractivity contribution in [3.05, 3.63) is 65.4 Å². The van der Waals surface area contributed by atoms with E-state index in [0.717, 1.165) is 12.1 Å². The lowest BCUT2D eigenvalue weighted by Crippen LogP contribution is -2.33. The Bertz CT molecular complexity index is 1030. The molecule has 0 spiro atoms. The van der Waals surface area contributed by atoms with Crippen LogP contribution >= 0.6 is 0 Å². The summed E-state index contributed by atoms with van der Waals surface area (Å²) in [7, 11) is 7.18. The molecule has 162 valence electrons. The maximum Gasteiger partial charge on any atom is 0.293 e. The van der Waals surface area contributed by atoms with Crippen LogP contribution < -0.4 is 19.7 Å². The number of methoxy groups -OCH3 is 1. The molecule has 3 rings (SSSR count). The zero-order valence-electron chi connectivity index (χ0n) is 18.2. The first-order chi connectivity index (χ1) is 14.9. The second kappa shape index (κ2) is 9.95. The number of hydrogen-bond acceptors (Lipinski definition) is 5. The van der Waals surface area contributed by atoms with E-state index in [1.165, 1.54) is 6.08 Å². The molecular weight excluding hydrogens is 394 g/mol. The highest BCUT2D eigenvalue weighted by molar-refractivity contribution is 6.09. The molecule has 1 N–H and O–H groups in total. The van der Waals surface area contributed by atoms with Crippen molar-refractivity contribution < 1.29 is 19.1 Å². The number of anilines is 1. The molecule has 0 saturated heterocycles. The smallest absolute Gasteiger partial charge is 0.293 e. The molecule has 0 saturated carbocycles. The Morgan fingerprint density at radius 2 is 2.00 bits per heavy atom. The van der Waals surface area contributed by atoms with Crippen molar-refractivity contribution in [3.63, 3.8) is 0 Å². The van der Waals surface area contributed by atoms with Crippen molar-refractivity contribution in [1.82, 2.24) is 10.2 Å². The number of nitrogens with zero attached hydrogens (tertiary/aromatic N) is 2. The van der Waals surface area contributed by atoms with Gasteiger partial charge in [0.1, 0.15) is 5.75 Å². The minimum atomic E-state index is -0.248. The normalized spacial score (nSPS) is 14.7. The highest BCUT2D eigenvalue weighted by Gasteiger charge is 2.27. The fourth-order valence-electron chi connectivity index (χ4n) is 3.09. The minimum Gasteiger partial charge on any atom is -0.496 e. The SMILES string of the molecule is COc1ccc(/C=C/C(=O)NCCN(C)C)cc1/C=C1\Oc2ccccc2N(C)C1=O. The second-order valence-corrected chi connectivity index (χ2v) is 7.37. The third-order valence-electron chi connectivity index (χ3n) is 4.79. The van der Waals surface area contributed by atoms with E-state index in [9.17, 15) is 9.59 Å². The number of benzene rings is 2. The molecule has 0 unspecified atom stereocenters. The molecule has 1 heterocycles. The van der Waals surface area contributed by atoms with Crippen molar-refractivity contribution in [2.45, 2.75) is 0 Å². The zero-order valence-corrected chi connectivity index (χ0v) is 18.2. The fraction of sp³-hybridized carbons (Fsp3) is 0.250. The van der Waals surface area contributed by atoms with Crippen molar-refractivity contribution in [3.8, 4) is 11.5 Å². The molecular formula is C24H27N3O4. The third kappa shape index (κ3) is 5.52. The Balaban J connectivity index is 1.82. The van der Waals surface area contributed by atoms with Crippen LogP contribution in [0.3, 0.4) is 0 Å². The van der Waals surface area contributed by atoms with Gasteiger partial charge in [-0.25, -0.2) is 0 Å². The molecule has 31 heavy (non-hydrogen) atoms. The lowest BCUT2D eigenvalue weighted by molar-refractivity contribution is -0.117. The number of para-hydroxylation sites is 2. The van der Waals surface area contributed by atoms with Crippen LogP contribution in [-0.2, 0) is 9.59 Å². The van der Waals surface area contributed by atoms with Gasteiger partial charge in [-0.2, -0.15) is 0 Å². The predicted molar refractivity (Wildman–Crippen MR) is 122 cm³/mol. The van der Waals surface area contributed by atoms with E-state index >= 15 is 0 Å². The topological polar surface area (TPSA) is 71.1 Å². The average Bonchev–Trinajstić information content (AvgIpc) is 2.76. The summed E-state index contributed by atoms with van der Waals surface area (Å²) in [6.07, 6.45) is 4.86. The Morgan fingerprint density at radius 1 is 1.23 bits per heavy atom. The number of fused-ring (bicyclic) bond motifs is 1. The Hall–Kier alpha value is -3.58. The van der Waals surface area contributed by atoms with Gasteiger partial charge in [-0.1, -0.05) is 18.2 Å². The van der Waals surface area contributed by atoms with Gasteiger partial charge in [0, 0.05) is 31.8 Å². The predicted octanol–water partition coefficient (Wildman–Crippen LogP) is 2.78. The molecule has 2 aromatic rings. The Labute approximate surface area is 182 Å². The van der Waals surface area contributed by atoms with E-state index in [1.54, 1.807) is 37.3 Å². The minimum absolute atomic E-state index is 0.165. The first kappa shape index (κ1) is 22.1. The van der Waals surface area contributed by atoms with Gasteiger partial charge in [-0.3, -0.25) is 9.59 Å². The van der Waals surface area contributed by atoms with Crippen LogP contribution in [0.5, 0.6) is 11.5 Å². The largest absolute Gasteiger partial charge is 0.496 e. The van der Waals surface area contributed by atoms with E-state index in [-0.39, 0.29) is 17.6 Å². The van der Waals surface area contributed by atoms with Crippen molar-refractivity contribution in [2.24, 2.45) is 0 Å². The molecule has 7 nitrogen and oxygen atoms in total. The van der Waals surface area contributed by atoms with Gasteiger partial charge in [0.05, 0.1) is 12.8 Å². The molecule has 1 aliphatic rings. The van der Waals surface area contributed by atoms with Gasteiger partial charge in [0.2, 0.25) is 5.91 Å². The maximum absolute atomic E-state index is 12.8. The number of amides is 2. The first-order valence-corrected chi connectivity index (χ1v) is 9.94. The van der Waals surface area contributed by atoms with E-state index in [1.807, 2.05) is 55.4 Å². The molecule has 0 bridgehead atoms. The number of rotatable bonds is 7. The van der Waals surface area contributed by atoms with E-state index in [2.05, 4.69) is 5.32 Å². The standard InChI is InChI=1S/C24H27N3O4/c1-26(2)14-13-25-23(28)12-10-17-9-11-20(30-4)18(15-17)16-22-24(29)27(3)19-7-5-6-8-21(19)31-22/h5-12,15-16H,13-14H2,1-4H3,(H,25,28)/b12-10+,22-16-. The van der Waals surface area contributed by atoms with Gasteiger partial charge in [0.15, 0.2) is 11.5 Å². The summed E-state index contributed by atoms with van der Waals surface area (Å²) in [6.45, 7) is 1.34. The van der Waals surface area contributed by atoms with Crippen LogP contribution in [-0.4, -0.2) is 58.1 Å². The summed E-state index contributed by atoms with van der Waals surface area (Å²) in [5.74, 6) is 0.990. The molecule has 0 fully saturated rings. The van der Waals surface area contributed by atoms with Gasteiger partial charge >= 0.3 is 0 Å². The van der Waals surface area contributed by atoms with Crippen LogP contribution in [0.4, 0.5) is 5.69 Å². The number of carbonyl (C=O) groups is 2. The van der Waals surface area contributed by atoms with Crippen LogP contribution in [0.2, 0.25) is 0 Å². The Kier molecular flexibility index (Phi) is 7.10. The summed E-state index contributed by atoms with van der Waals surface area (Å²) in [4.78, 5) is 28.3. The molecule has 2 aromatic carbocycles. The van der Waals surface area contributed by atoms with E-state index in [4.69, 9.17) is 9.47 Å². The first-order valence-electron chi connectivity index (χ1n) is 9.94. The quantitative estimate of drug-likeness (QED) is 0.696. The molecule has 7 heteroatoms. The fourth-order valence-corrected chi connectivity index (χ4v) is 3.09. The summed E-state index contributed by atoms with van der Waals surface area (Å²) < 4.78 is 11.3. The molecule has 0 atom stereocenters. The number of hydrogen-bond donors (Lipinski definition) is 1. The summed E-state index contributed by atoms with van der Waals surface area (Å²) in [5.41, 5.74) is 2.19. The molecule has 0 aromatic heterocycles. The summed E-state index contributed by atoms with van der Waals surface area (Å²) in [6, 6.07) is 12.8. The molecule has 1 aliphatic heterocycles. The van der Waals surface area contributed by atoms with E-state index in [0.29, 0.717) is 29.3 Å². The maximum atomic E-state index is 12.8. The summed E-state index contributed by atoms with van der Waals surface area (Å²) >= 11 is 0. The summed E-state index contributed by atoms with van der Waals surface area (Å²) in [5, 5.41) is 2.83. The van der Waals surface area contributed by atoms with Gasteiger partial charge in [0.25, 0.3) is 5.91 Å². The van der Waals surface area contributed by atoms with Gasteiger partial charge in [-0.05, 0) is 56.1 Å². The molecule has 0 aliphatic carbocycles. The second-order valence-electron chi connectivity index (χ2n) is 7.37. The number of nitrogens with one attached hydrogen (secondary N) is 1. The van der Waals surface area contributed by atoms with Crippen LogP contribution in [0.25, 0.3) is 12.2 Å². The molecule has 2 amide bonds. The van der Waals surface area contributed by atoms with Crippen LogP contribution in [0, 0.1) is 0 Å². The van der Waals surface area contributed by atoms with Gasteiger partial charge in [-0.15, -0.1) is 0 Å². The Morgan fingerprint density at radius 3 is 2.74 bits per heavy atom. The lowest BCUT2D eigenvalue weighted by Gasteiger charge is -2.27. The number of likely N-dealkylation sites (N-methyl/N-ethyl adjacent to an activating group) is 2. The zero-order chi connectivity index (χ0) is 22.4. The lowest BCUT2D eigenvalue weighted by atomic mass is 10.1. The van der Waals surface area contributed by atoms with E-state index < -0.39 is 0 Å². The van der Waals surface area contributed by atoms with Gasteiger partial charge < -0.3 is 24.6 Å². The highest BCUT2D eigenvalue weighted by atomic mass is 16.5. The van der Waals surface area contributed by atoms with Crippen molar-refractivity contribution in [1.29, 1.82) is 0 Å². The monoisotopic (exact) mass is 421 g/mol.